The highest BCUT2D eigenvalue weighted by Gasteiger charge is 2.26. The SMILES string of the molecule is Cc1ccc(CCN[C@@H]2CCN(c3nc(C(=O)N(C)C)nc(C)c3C)C2)cc1. The van der Waals surface area contributed by atoms with Gasteiger partial charge in [0.1, 0.15) is 5.82 Å². The van der Waals surface area contributed by atoms with E-state index in [1.807, 2.05) is 13.8 Å². The van der Waals surface area contributed by atoms with Crippen LogP contribution in [0.15, 0.2) is 24.3 Å². The van der Waals surface area contributed by atoms with Crippen molar-refractivity contribution in [2.75, 3.05) is 38.6 Å². The standard InChI is InChI=1S/C22H31N5O/c1-15-6-8-18(9-7-15)10-12-23-19-11-13-27(14-19)21-16(2)17(3)24-20(25-21)22(28)26(4)5/h6-9,19,23H,10-14H2,1-5H3/t19-/m1/s1. The molecular weight excluding hydrogens is 350 g/mol. The number of carbonyl (C=O) groups excluding carboxylic acids is 1. The monoisotopic (exact) mass is 381 g/mol. The summed E-state index contributed by atoms with van der Waals surface area (Å²) in [5.41, 5.74) is 4.58. The van der Waals surface area contributed by atoms with Crippen LogP contribution in [0.5, 0.6) is 0 Å². The molecule has 1 atom stereocenters. The number of nitrogens with zero attached hydrogens (tertiary/aromatic N) is 4. The number of aryl methyl sites for hydroxylation is 2. The van der Waals surface area contributed by atoms with E-state index in [9.17, 15) is 4.79 Å². The van der Waals surface area contributed by atoms with Gasteiger partial charge in [-0.1, -0.05) is 29.8 Å². The Kier molecular flexibility index (Phi) is 6.29. The van der Waals surface area contributed by atoms with E-state index in [1.165, 1.54) is 16.0 Å². The molecule has 1 fully saturated rings. The van der Waals surface area contributed by atoms with Crippen molar-refractivity contribution in [1.29, 1.82) is 0 Å². The van der Waals surface area contributed by atoms with Crippen LogP contribution in [0.1, 0.15) is 39.4 Å². The van der Waals surface area contributed by atoms with E-state index in [2.05, 4.69) is 51.4 Å². The molecule has 6 heteroatoms. The van der Waals surface area contributed by atoms with E-state index in [4.69, 9.17) is 0 Å². The van der Waals surface area contributed by atoms with Crippen LogP contribution in [0.2, 0.25) is 0 Å². The lowest BCUT2D eigenvalue weighted by Crippen LogP contribution is -2.34. The summed E-state index contributed by atoms with van der Waals surface area (Å²) in [5.74, 6) is 1.01. The van der Waals surface area contributed by atoms with Crippen molar-refractivity contribution < 1.29 is 4.79 Å². The Morgan fingerprint density at radius 1 is 1.18 bits per heavy atom. The van der Waals surface area contributed by atoms with Crippen LogP contribution >= 0.6 is 0 Å². The van der Waals surface area contributed by atoms with Crippen LogP contribution in [-0.2, 0) is 6.42 Å². The van der Waals surface area contributed by atoms with E-state index < -0.39 is 0 Å². The maximum absolute atomic E-state index is 12.3. The van der Waals surface area contributed by atoms with Gasteiger partial charge in [-0.2, -0.15) is 0 Å². The predicted molar refractivity (Wildman–Crippen MR) is 113 cm³/mol. The van der Waals surface area contributed by atoms with E-state index in [0.29, 0.717) is 6.04 Å². The zero-order chi connectivity index (χ0) is 20.3. The fourth-order valence-corrected chi connectivity index (χ4v) is 3.51. The Hall–Kier alpha value is -2.47. The first-order chi connectivity index (χ1) is 13.3. The Labute approximate surface area is 168 Å². The Balaban J connectivity index is 1.61. The normalized spacial score (nSPS) is 16.5. The fraction of sp³-hybridized carbons (Fsp3) is 0.500. The minimum Gasteiger partial charge on any atom is -0.355 e. The minimum absolute atomic E-state index is 0.156. The summed E-state index contributed by atoms with van der Waals surface area (Å²) in [5, 5.41) is 3.67. The average Bonchev–Trinajstić information content (AvgIpc) is 3.13. The first-order valence-corrected chi connectivity index (χ1v) is 9.96. The van der Waals surface area contributed by atoms with Gasteiger partial charge in [0, 0.05) is 44.5 Å². The number of nitrogens with one attached hydrogen (secondary N) is 1. The number of hydrogen-bond donors (Lipinski definition) is 1. The minimum atomic E-state index is -0.156. The van der Waals surface area contributed by atoms with E-state index in [-0.39, 0.29) is 11.7 Å². The maximum atomic E-state index is 12.3. The highest BCUT2D eigenvalue weighted by molar-refractivity contribution is 5.90. The molecule has 1 saturated heterocycles. The Morgan fingerprint density at radius 2 is 1.89 bits per heavy atom. The Bertz CT molecular complexity index is 832. The van der Waals surface area contributed by atoms with Gasteiger partial charge in [-0.15, -0.1) is 0 Å². The van der Waals surface area contributed by atoms with Gasteiger partial charge in [0.15, 0.2) is 0 Å². The second kappa shape index (κ2) is 8.69. The van der Waals surface area contributed by atoms with Gasteiger partial charge in [0.05, 0.1) is 0 Å². The highest BCUT2D eigenvalue weighted by Crippen LogP contribution is 2.24. The molecule has 0 radical (unpaired) electrons. The van der Waals surface area contributed by atoms with Gasteiger partial charge in [-0.3, -0.25) is 4.79 Å². The van der Waals surface area contributed by atoms with Gasteiger partial charge in [0.2, 0.25) is 5.82 Å². The summed E-state index contributed by atoms with van der Waals surface area (Å²) in [7, 11) is 3.45. The predicted octanol–water partition coefficient (Wildman–Crippen LogP) is 2.51. The number of amides is 1. The lowest BCUT2D eigenvalue weighted by molar-refractivity contribution is 0.0815. The van der Waals surface area contributed by atoms with Gasteiger partial charge in [0.25, 0.3) is 5.91 Å². The van der Waals surface area contributed by atoms with Crippen LogP contribution in [0.3, 0.4) is 0 Å². The van der Waals surface area contributed by atoms with Gasteiger partial charge >= 0.3 is 0 Å². The van der Waals surface area contributed by atoms with E-state index in [0.717, 1.165) is 49.6 Å². The number of aromatic nitrogens is 2. The molecule has 6 nitrogen and oxygen atoms in total. The molecule has 3 rings (SSSR count). The summed E-state index contributed by atoms with van der Waals surface area (Å²) < 4.78 is 0. The molecule has 2 heterocycles. The fourth-order valence-electron chi connectivity index (χ4n) is 3.51. The van der Waals surface area contributed by atoms with Crippen molar-refractivity contribution >= 4 is 11.7 Å². The van der Waals surface area contributed by atoms with Crippen LogP contribution in [-0.4, -0.2) is 60.5 Å². The second-order valence-electron chi connectivity index (χ2n) is 7.90. The van der Waals surface area contributed by atoms with E-state index in [1.54, 1.807) is 14.1 Å². The molecule has 28 heavy (non-hydrogen) atoms. The van der Waals surface area contributed by atoms with Crippen molar-refractivity contribution in [2.24, 2.45) is 0 Å². The first-order valence-electron chi connectivity index (χ1n) is 9.96. The van der Waals surface area contributed by atoms with Crippen LogP contribution in [0.25, 0.3) is 0 Å². The highest BCUT2D eigenvalue weighted by atomic mass is 16.2. The van der Waals surface area contributed by atoms with Gasteiger partial charge in [-0.05, 0) is 45.7 Å². The van der Waals surface area contributed by atoms with Crippen molar-refractivity contribution in [1.82, 2.24) is 20.2 Å². The zero-order valence-corrected chi connectivity index (χ0v) is 17.6. The smallest absolute Gasteiger partial charge is 0.291 e. The molecule has 1 aliphatic heterocycles. The van der Waals surface area contributed by atoms with E-state index >= 15 is 0 Å². The molecular formula is C22H31N5O. The quantitative estimate of drug-likeness (QED) is 0.833. The van der Waals surface area contributed by atoms with Crippen molar-refractivity contribution in [3.63, 3.8) is 0 Å². The van der Waals surface area contributed by atoms with Crippen molar-refractivity contribution in [2.45, 2.75) is 39.7 Å². The van der Waals surface area contributed by atoms with Crippen LogP contribution in [0.4, 0.5) is 5.82 Å². The molecule has 0 bridgehead atoms. The van der Waals surface area contributed by atoms with Gasteiger partial charge in [-0.25, -0.2) is 9.97 Å². The number of rotatable bonds is 6. The first kappa shape index (κ1) is 20.3. The molecule has 0 spiro atoms. The van der Waals surface area contributed by atoms with Crippen molar-refractivity contribution in [3.8, 4) is 0 Å². The molecule has 0 aliphatic carbocycles. The summed E-state index contributed by atoms with van der Waals surface area (Å²) in [6.07, 6.45) is 2.11. The maximum Gasteiger partial charge on any atom is 0.291 e. The molecule has 0 unspecified atom stereocenters. The number of hydrogen-bond acceptors (Lipinski definition) is 5. The van der Waals surface area contributed by atoms with Gasteiger partial charge < -0.3 is 15.1 Å². The molecule has 2 aromatic rings. The molecule has 0 saturated carbocycles. The molecule has 1 amide bonds. The lowest BCUT2D eigenvalue weighted by Gasteiger charge is -2.22. The molecule has 1 aromatic heterocycles. The third kappa shape index (κ3) is 4.68. The Morgan fingerprint density at radius 3 is 2.57 bits per heavy atom. The zero-order valence-electron chi connectivity index (χ0n) is 17.6. The summed E-state index contributed by atoms with van der Waals surface area (Å²) in [6.45, 7) is 8.90. The largest absolute Gasteiger partial charge is 0.355 e. The van der Waals surface area contributed by atoms with Crippen molar-refractivity contribution in [3.05, 3.63) is 52.5 Å². The number of benzene rings is 1. The summed E-state index contributed by atoms with van der Waals surface area (Å²) >= 11 is 0. The molecule has 150 valence electrons. The summed E-state index contributed by atoms with van der Waals surface area (Å²) in [4.78, 5) is 25.1. The summed E-state index contributed by atoms with van der Waals surface area (Å²) in [6, 6.07) is 9.18. The molecule has 1 N–H and O–H groups in total. The second-order valence-corrected chi connectivity index (χ2v) is 7.90. The topological polar surface area (TPSA) is 61.4 Å². The third-order valence-corrected chi connectivity index (χ3v) is 5.42. The number of carbonyl (C=O) groups is 1. The molecule has 1 aromatic carbocycles. The lowest BCUT2D eigenvalue weighted by atomic mass is 10.1. The molecule has 1 aliphatic rings. The number of anilines is 1. The third-order valence-electron chi connectivity index (χ3n) is 5.42. The van der Waals surface area contributed by atoms with Crippen LogP contribution < -0.4 is 10.2 Å². The average molecular weight is 382 g/mol. The van der Waals surface area contributed by atoms with Crippen LogP contribution in [0, 0.1) is 20.8 Å².